The summed E-state index contributed by atoms with van der Waals surface area (Å²) in [5.74, 6) is -2.45. The van der Waals surface area contributed by atoms with Crippen LogP contribution in [0.1, 0.15) is 56.6 Å². The van der Waals surface area contributed by atoms with Crippen molar-refractivity contribution < 1.29 is 30.1 Å². The molecule has 3 heterocycles. The van der Waals surface area contributed by atoms with E-state index in [0.717, 1.165) is 14.5 Å². The lowest BCUT2D eigenvalue weighted by Crippen LogP contribution is -2.39. The largest absolute Gasteiger partial charge is 0.497 e. The Bertz CT molecular complexity index is 1610. The van der Waals surface area contributed by atoms with Crippen molar-refractivity contribution in [3.8, 4) is 11.4 Å². The number of aromatic nitrogens is 2. The van der Waals surface area contributed by atoms with Crippen LogP contribution in [0.5, 0.6) is 5.75 Å². The molecule has 0 aliphatic carbocycles. The first-order chi connectivity index (χ1) is 19.4. The molecule has 34 heavy (non-hydrogen) atoms. The number of fused-ring (bicyclic) bond motifs is 1. The number of ether oxygens (including phenoxy) is 1. The number of benzene rings is 2. The van der Waals surface area contributed by atoms with Gasteiger partial charge in [0.25, 0.3) is 11.8 Å². The quantitative estimate of drug-likeness (QED) is 0.620. The molecule has 2 aromatic carbocycles. The van der Waals surface area contributed by atoms with Crippen LogP contribution in [-0.4, -0.2) is 47.7 Å². The van der Waals surface area contributed by atoms with Crippen LogP contribution in [0.4, 0.5) is 11.4 Å². The first-order valence-corrected chi connectivity index (χ1v) is 10.3. The normalized spacial score (nSPS) is 25.3. The van der Waals surface area contributed by atoms with Gasteiger partial charge in [-0.1, -0.05) is 0 Å². The highest BCUT2D eigenvalue weighted by atomic mass is 16.5. The Labute approximate surface area is 207 Å². The fraction of sp³-hybridized carbons (Fsp3) is 0.280. The van der Waals surface area contributed by atoms with E-state index >= 15 is 0 Å². The van der Waals surface area contributed by atoms with Crippen molar-refractivity contribution >= 4 is 29.1 Å². The molecule has 3 aromatic rings. The summed E-state index contributed by atoms with van der Waals surface area (Å²) < 4.78 is 71.6. The van der Waals surface area contributed by atoms with Crippen LogP contribution >= 0.6 is 0 Å². The van der Waals surface area contributed by atoms with Gasteiger partial charge < -0.3 is 20.3 Å². The summed E-state index contributed by atoms with van der Waals surface area (Å²) in [5, 5.41) is 4.18. The van der Waals surface area contributed by atoms with E-state index in [1.165, 1.54) is 31.4 Å². The molecule has 1 aromatic heterocycles. The molecule has 0 unspecified atom stereocenters. The van der Waals surface area contributed by atoms with E-state index in [1.807, 2.05) is 0 Å². The smallest absolute Gasteiger partial charge is 0.277 e. The summed E-state index contributed by atoms with van der Waals surface area (Å²) >= 11 is 0. The number of primary amides is 1. The maximum Gasteiger partial charge on any atom is 0.277 e. The Morgan fingerprint density at radius 2 is 1.59 bits per heavy atom. The van der Waals surface area contributed by atoms with E-state index in [9.17, 15) is 14.4 Å². The minimum atomic E-state index is -3.15. The number of amides is 3. The summed E-state index contributed by atoms with van der Waals surface area (Å²) in [5.41, 5.74) is 5.23. The number of carbonyl (C=O) groups is 3. The Balaban J connectivity index is 1.54. The van der Waals surface area contributed by atoms with Gasteiger partial charge in [0.2, 0.25) is 5.91 Å². The standard InChI is InChI=1S/C25H25N5O4/c1-34-19-11-9-18(10-12-19)30-23-20(22(27-30)24(26)32)13-15-29(25(23)33)17-7-5-16(6-8-17)28-14-3-2-4-21(28)31/h5-12H,2-4,13-15H2,1H3,(H2,26,32)/i2D2,3D2,4D2,13D2. The lowest BCUT2D eigenvalue weighted by atomic mass is 10.0. The monoisotopic (exact) mass is 467 g/mol. The molecule has 0 radical (unpaired) electrons. The van der Waals surface area contributed by atoms with E-state index in [-0.39, 0.29) is 28.3 Å². The van der Waals surface area contributed by atoms with Crippen molar-refractivity contribution in [1.29, 1.82) is 0 Å². The lowest BCUT2D eigenvalue weighted by molar-refractivity contribution is -0.119. The average molecular weight is 468 g/mol. The molecule has 2 aliphatic heterocycles. The first-order valence-electron chi connectivity index (χ1n) is 14.3. The van der Waals surface area contributed by atoms with Crippen molar-refractivity contribution in [2.24, 2.45) is 5.73 Å². The number of carbonyl (C=O) groups excluding carboxylic acids is 3. The third-order valence-corrected chi connectivity index (χ3v) is 5.51. The highest BCUT2D eigenvalue weighted by Crippen LogP contribution is 2.31. The van der Waals surface area contributed by atoms with Gasteiger partial charge in [0.05, 0.1) is 12.8 Å². The minimum absolute atomic E-state index is 0.0550. The Morgan fingerprint density at radius 3 is 2.24 bits per heavy atom. The highest BCUT2D eigenvalue weighted by molar-refractivity contribution is 6.09. The SMILES string of the molecule is [2H]C1([2H])CN(c2ccc(N3CC([2H])([2H])C([2H])([2H])C([2H])([2H])C3=O)cc2)C(=O)c2c1c(C(N)=O)nn2-c1ccc(OC)cc1. The fourth-order valence-corrected chi connectivity index (χ4v) is 3.81. The van der Waals surface area contributed by atoms with Crippen molar-refractivity contribution in [2.75, 3.05) is 30.0 Å². The van der Waals surface area contributed by atoms with Crippen LogP contribution in [-0.2, 0) is 11.2 Å². The number of rotatable bonds is 5. The Morgan fingerprint density at radius 1 is 0.941 bits per heavy atom. The molecular formula is C25H25N5O4. The molecule has 2 N–H and O–H groups in total. The topological polar surface area (TPSA) is 111 Å². The number of anilines is 2. The average Bonchev–Trinajstić information content (AvgIpc) is 3.36. The van der Waals surface area contributed by atoms with Gasteiger partial charge in [-0.05, 0) is 67.6 Å². The zero-order chi connectivity index (χ0) is 31.0. The summed E-state index contributed by atoms with van der Waals surface area (Å²) in [6, 6.07) is 11.8. The molecular weight excluding hydrogens is 434 g/mol. The molecule has 3 amide bonds. The molecule has 5 rings (SSSR count). The fourth-order valence-electron chi connectivity index (χ4n) is 3.81. The van der Waals surface area contributed by atoms with Crippen molar-refractivity contribution in [2.45, 2.75) is 25.5 Å². The first kappa shape index (κ1) is 14.2. The van der Waals surface area contributed by atoms with Crippen LogP contribution in [0.2, 0.25) is 0 Å². The summed E-state index contributed by atoms with van der Waals surface area (Å²) in [7, 11) is 1.48. The maximum atomic E-state index is 13.9. The van der Waals surface area contributed by atoms with Gasteiger partial charge in [-0.25, -0.2) is 4.68 Å². The van der Waals surface area contributed by atoms with Crippen LogP contribution in [0.3, 0.4) is 0 Å². The second kappa shape index (κ2) is 8.66. The molecule has 0 bridgehead atoms. The summed E-state index contributed by atoms with van der Waals surface area (Å²) in [6.45, 7) is -1.26. The van der Waals surface area contributed by atoms with Crippen molar-refractivity contribution in [1.82, 2.24) is 9.78 Å². The predicted molar refractivity (Wildman–Crippen MR) is 127 cm³/mol. The van der Waals surface area contributed by atoms with Gasteiger partial charge in [-0.15, -0.1) is 0 Å². The number of hydrogen-bond donors (Lipinski definition) is 1. The van der Waals surface area contributed by atoms with Gasteiger partial charge >= 0.3 is 0 Å². The zero-order valence-electron chi connectivity index (χ0n) is 26.0. The van der Waals surface area contributed by atoms with Gasteiger partial charge in [0.1, 0.15) is 11.4 Å². The molecule has 9 heteroatoms. The molecule has 1 fully saturated rings. The second-order valence-corrected chi connectivity index (χ2v) is 7.45. The van der Waals surface area contributed by atoms with Crippen LogP contribution in [0.15, 0.2) is 48.5 Å². The highest BCUT2D eigenvalue weighted by Gasteiger charge is 2.34. The molecule has 2 aliphatic rings. The number of nitrogens with two attached hydrogens (primary N) is 1. The Hall–Kier alpha value is -4.14. The van der Waals surface area contributed by atoms with Crippen molar-refractivity contribution in [3.63, 3.8) is 0 Å². The van der Waals surface area contributed by atoms with Crippen LogP contribution in [0, 0.1) is 0 Å². The molecule has 174 valence electrons. The number of methoxy groups -OCH3 is 1. The molecule has 0 saturated carbocycles. The molecule has 9 nitrogen and oxygen atoms in total. The van der Waals surface area contributed by atoms with Gasteiger partial charge in [0.15, 0.2) is 5.69 Å². The third-order valence-electron chi connectivity index (χ3n) is 5.51. The third kappa shape index (κ3) is 3.68. The van der Waals surface area contributed by atoms with E-state index < -0.39 is 56.3 Å². The van der Waals surface area contributed by atoms with Crippen LogP contribution < -0.4 is 20.3 Å². The van der Waals surface area contributed by atoms with Gasteiger partial charge in [-0.2, -0.15) is 5.10 Å². The number of hydrogen-bond acceptors (Lipinski definition) is 5. The lowest BCUT2D eigenvalue weighted by Gasteiger charge is -2.29. The van der Waals surface area contributed by atoms with E-state index in [1.54, 1.807) is 24.3 Å². The van der Waals surface area contributed by atoms with E-state index in [4.69, 9.17) is 21.4 Å². The zero-order valence-corrected chi connectivity index (χ0v) is 18.0. The van der Waals surface area contributed by atoms with Gasteiger partial charge in [-0.3, -0.25) is 14.4 Å². The molecule has 1 saturated heterocycles. The van der Waals surface area contributed by atoms with E-state index in [0.29, 0.717) is 11.4 Å². The maximum absolute atomic E-state index is 13.9. The minimum Gasteiger partial charge on any atom is -0.497 e. The summed E-state index contributed by atoms with van der Waals surface area (Å²) in [4.78, 5) is 40.9. The van der Waals surface area contributed by atoms with Crippen LogP contribution in [0.25, 0.3) is 5.69 Å². The molecule has 0 atom stereocenters. The van der Waals surface area contributed by atoms with Gasteiger partial charge in [0, 0.05) is 47.4 Å². The van der Waals surface area contributed by atoms with Crippen molar-refractivity contribution in [3.05, 3.63) is 65.5 Å². The Kier molecular flexibility index (Phi) is 3.62. The molecule has 0 spiro atoms. The second-order valence-electron chi connectivity index (χ2n) is 7.45. The summed E-state index contributed by atoms with van der Waals surface area (Å²) in [6.07, 6.45) is -11.2. The predicted octanol–water partition coefficient (Wildman–Crippen LogP) is 2.70. The number of nitrogens with zero attached hydrogens (tertiary/aromatic N) is 4. The van der Waals surface area contributed by atoms with E-state index in [2.05, 4.69) is 5.10 Å². The number of piperidine rings is 1.